The molecule has 6 heteroatoms. The average Bonchev–Trinajstić information content (AvgIpc) is 2.53. The molecule has 132 valence electrons. The normalized spacial score (nSPS) is 21.9. The van der Waals surface area contributed by atoms with Gasteiger partial charge in [0.2, 0.25) is 10.0 Å². The number of nitrogens with zero attached hydrogens (tertiary/aromatic N) is 1. The Bertz CT molecular complexity index is 676. The lowest BCUT2D eigenvalue weighted by Gasteiger charge is -2.31. The first kappa shape index (κ1) is 18.8. The second-order valence-corrected chi connectivity index (χ2v) is 9.99. The standard InChI is InChI=1S/C18H27N3O2S/c1-18(2,3)24(22,23)21-17-10-6-15(7-11-17)13-20-16-8-4-14(12-19)5-9-16/h4-5,8-9,15,17,20-21H,6-7,10-11,13H2,1-3H3/t15-,17-. The van der Waals surface area contributed by atoms with Crippen molar-refractivity contribution in [2.75, 3.05) is 11.9 Å². The first-order valence-corrected chi connectivity index (χ1v) is 9.95. The molecule has 24 heavy (non-hydrogen) atoms. The third-order valence-electron chi connectivity index (χ3n) is 4.58. The van der Waals surface area contributed by atoms with E-state index in [1.807, 2.05) is 12.1 Å². The Labute approximate surface area is 145 Å². The zero-order valence-corrected chi connectivity index (χ0v) is 15.5. The Balaban J connectivity index is 1.77. The number of hydrogen-bond acceptors (Lipinski definition) is 4. The second-order valence-electron chi connectivity index (χ2n) is 7.52. The number of nitriles is 1. The molecular formula is C18H27N3O2S. The highest BCUT2D eigenvalue weighted by molar-refractivity contribution is 7.90. The summed E-state index contributed by atoms with van der Waals surface area (Å²) in [6.07, 6.45) is 3.80. The zero-order chi connectivity index (χ0) is 17.8. The first-order valence-electron chi connectivity index (χ1n) is 8.47. The molecule has 0 unspecified atom stereocenters. The lowest BCUT2D eigenvalue weighted by Crippen LogP contribution is -2.46. The van der Waals surface area contributed by atoms with Crippen LogP contribution in [0.1, 0.15) is 52.0 Å². The van der Waals surface area contributed by atoms with E-state index in [-0.39, 0.29) is 6.04 Å². The Morgan fingerprint density at radius 3 is 2.21 bits per heavy atom. The minimum absolute atomic E-state index is 0.0559. The molecule has 1 aromatic carbocycles. The molecule has 2 rings (SSSR count). The summed E-state index contributed by atoms with van der Waals surface area (Å²) >= 11 is 0. The van der Waals surface area contributed by atoms with E-state index in [9.17, 15) is 8.42 Å². The summed E-state index contributed by atoms with van der Waals surface area (Å²) in [5, 5.41) is 12.2. The van der Waals surface area contributed by atoms with Gasteiger partial charge >= 0.3 is 0 Å². The van der Waals surface area contributed by atoms with E-state index < -0.39 is 14.8 Å². The number of nitrogens with one attached hydrogen (secondary N) is 2. The molecule has 0 aromatic heterocycles. The summed E-state index contributed by atoms with van der Waals surface area (Å²) in [5.41, 5.74) is 1.68. The van der Waals surface area contributed by atoms with Crippen LogP contribution in [0.25, 0.3) is 0 Å². The van der Waals surface area contributed by atoms with Crippen molar-refractivity contribution < 1.29 is 8.42 Å². The molecule has 0 atom stereocenters. The molecule has 1 aromatic rings. The predicted molar refractivity (Wildman–Crippen MR) is 97.2 cm³/mol. The zero-order valence-electron chi connectivity index (χ0n) is 14.7. The maximum atomic E-state index is 12.2. The van der Waals surface area contributed by atoms with E-state index in [1.165, 1.54) is 0 Å². The van der Waals surface area contributed by atoms with E-state index in [0.29, 0.717) is 11.5 Å². The van der Waals surface area contributed by atoms with Crippen molar-refractivity contribution >= 4 is 15.7 Å². The van der Waals surface area contributed by atoms with Crippen LogP contribution in [0.2, 0.25) is 0 Å². The third kappa shape index (κ3) is 4.96. The fourth-order valence-electron chi connectivity index (χ4n) is 2.81. The Kier molecular flexibility index (Phi) is 5.89. The molecule has 0 saturated heterocycles. The third-order valence-corrected chi connectivity index (χ3v) is 6.84. The molecule has 5 nitrogen and oxygen atoms in total. The quantitative estimate of drug-likeness (QED) is 0.855. The van der Waals surface area contributed by atoms with Crippen molar-refractivity contribution in [1.82, 2.24) is 4.72 Å². The minimum Gasteiger partial charge on any atom is -0.385 e. The van der Waals surface area contributed by atoms with Crippen molar-refractivity contribution in [1.29, 1.82) is 5.26 Å². The number of rotatable bonds is 5. The van der Waals surface area contributed by atoms with E-state index in [1.54, 1.807) is 32.9 Å². The van der Waals surface area contributed by atoms with Gasteiger partial charge in [0.25, 0.3) is 0 Å². The monoisotopic (exact) mass is 349 g/mol. The summed E-state index contributed by atoms with van der Waals surface area (Å²) < 4.78 is 26.5. The molecule has 0 amide bonds. The van der Waals surface area contributed by atoms with Gasteiger partial charge in [-0.15, -0.1) is 0 Å². The lowest BCUT2D eigenvalue weighted by atomic mass is 9.86. The summed E-state index contributed by atoms with van der Waals surface area (Å²) in [5.74, 6) is 0.552. The molecular weight excluding hydrogens is 322 g/mol. The molecule has 0 aliphatic heterocycles. The van der Waals surface area contributed by atoms with Crippen molar-refractivity contribution in [3.05, 3.63) is 29.8 Å². The van der Waals surface area contributed by atoms with E-state index in [4.69, 9.17) is 5.26 Å². The van der Waals surface area contributed by atoms with Gasteiger partial charge in [-0.3, -0.25) is 0 Å². The summed E-state index contributed by atoms with van der Waals surface area (Å²) in [7, 11) is -3.27. The maximum Gasteiger partial charge on any atom is 0.216 e. The molecule has 0 bridgehead atoms. The highest BCUT2D eigenvalue weighted by atomic mass is 32.2. The van der Waals surface area contributed by atoms with Crippen LogP contribution in [0.5, 0.6) is 0 Å². The molecule has 2 N–H and O–H groups in total. The van der Waals surface area contributed by atoms with Crippen molar-refractivity contribution in [3.63, 3.8) is 0 Å². The average molecular weight is 350 g/mol. The molecule has 1 aliphatic rings. The van der Waals surface area contributed by atoms with Crippen molar-refractivity contribution in [3.8, 4) is 6.07 Å². The fraction of sp³-hybridized carbons (Fsp3) is 0.611. The molecule has 0 heterocycles. The number of hydrogen-bond donors (Lipinski definition) is 2. The van der Waals surface area contributed by atoms with Gasteiger partial charge in [0.15, 0.2) is 0 Å². The number of sulfonamides is 1. The largest absolute Gasteiger partial charge is 0.385 e. The van der Waals surface area contributed by atoms with E-state index in [0.717, 1.165) is 37.9 Å². The Hall–Kier alpha value is -1.58. The minimum atomic E-state index is -3.27. The highest BCUT2D eigenvalue weighted by Gasteiger charge is 2.32. The Morgan fingerprint density at radius 2 is 1.71 bits per heavy atom. The van der Waals surface area contributed by atoms with Gasteiger partial charge < -0.3 is 5.32 Å². The lowest BCUT2D eigenvalue weighted by molar-refractivity contribution is 0.322. The van der Waals surface area contributed by atoms with Gasteiger partial charge in [0.1, 0.15) is 0 Å². The summed E-state index contributed by atoms with van der Waals surface area (Å²) in [6.45, 7) is 6.05. The summed E-state index contributed by atoms with van der Waals surface area (Å²) in [6, 6.07) is 9.61. The van der Waals surface area contributed by atoms with Crippen LogP contribution in [0.4, 0.5) is 5.69 Å². The fourth-order valence-corrected chi connectivity index (χ4v) is 3.83. The van der Waals surface area contributed by atoms with Crippen molar-refractivity contribution in [2.45, 2.75) is 57.2 Å². The van der Waals surface area contributed by atoms with Gasteiger partial charge in [-0.1, -0.05) is 0 Å². The van der Waals surface area contributed by atoms with Crippen LogP contribution >= 0.6 is 0 Å². The predicted octanol–water partition coefficient (Wildman–Crippen LogP) is 3.25. The van der Waals surface area contributed by atoms with Crippen LogP contribution in [0, 0.1) is 17.2 Å². The molecule has 0 radical (unpaired) electrons. The molecule has 1 saturated carbocycles. The van der Waals surface area contributed by atoms with Crippen LogP contribution in [-0.2, 0) is 10.0 Å². The van der Waals surface area contributed by atoms with Gasteiger partial charge in [-0.25, -0.2) is 13.1 Å². The van der Waals surface area contributed by atoms with Crippen LogP contribution in [0.3, 0.4) is 0 Å². The van der Waals surface area contributed by atoms with Crippen LogP contribution in [0.15, 0.2) is 24.3 Å². The van der Waals surface area contributed by atoms with E-state index in [2.05, 4.69) is 16.1 Å². The van der Waals surface area contributed by atoms with Gasteiger partial charge in [-0.05, 0) is 76.6 Å². The van der Waals surface area contributed by atoms with Crippen LogP contribution in [-0.4, -0.2) is 25.8 Å². The number of benzene rings is 1. The second kappa shape index (κ2) is 7.54. The topological polar surface area (TPSA) is 82.0 Å². The maximum absolute atomic E-state index is 12.2. The molecule has 1 aliphatic carbocycles. The Morgan fingerprint density at radius 1 is 1.12 bits per heavy atom. The SMILES string of the molecule is CC(C)(C)S(=O)(=O)N[C@H]1CC[C@H](CNc2ccc(C#N)cc2)CC1. The first-order chi connectivity index (χ1) is 11.2. The molecule has 0 spiro atoms. The van der Waals surface area contributed by atoms with Gasteiger partial charge in [-0.2, -0.15) is 5.26 Å². The van der Waals surface area contributed by atoms with Gasteiger partial charge in [0, 0.05) is 18.3 Å². The number of anilines is 1. The van der Waals surface area contributed by atoms with E-state index >= 15 is 0 Å². The van der Waals surface area contributed by atoms with Crippen LogP contribution < -0.4 is 10.0 Å². The van der Waals surface area contributed by atoms with Gasteiger partial charge in [0.05, 0.1) is 16.4 Å². The molecule has 1 fully saturated rings. The highest BCUT2D eigenvalue weighted by Crippen LogP contribution is 2.26. The van der Waals surface area contributed by atoms with Crippen molar-refractivity contribution in [2.24, 2.45) is 5.92 Å². The summed E-state index contributed by atoms with van der Waals surface area (Å²) in [4.78, 5) is 0. The smallest absolute Gasteiger partial charge is 0.216 e.